The number of hydrogen-bond donors (Lipinski definition) is 4. The zero-order valence-electron chi connectivity index (χ0n) is 21.7. The van der Waals surface area contributed by atoms with Gasteiger partial charge in [-0.3, -0.25) is 10.1 Å². The molecular weight excluding hydrogens is 482 g/mol. The molecule has 0 saturated carbocycles. The predicted octanol–water partition coefficient (Wildman–Crippen LogP) is 5.85. The summed E-state index contributed by atoms with van der Waals surface area (Å²) in [6.45, 7) is 3.94. The van der Waals surface area contributed by atoms with Crippen molar-refractivity contribution in [3.63, 3.8) is 0 Å². The van der Waals surface area contributed by atoms with Gasteiger partial charge in [0.25, 0.3) is 0 Å². The largest absolute Gasteiger partial charge is 0.491 e. The summed E-state index contributed by atoms with van der Waals surface area (Å²) in [5, 5.41) is 14.8. The number of para-hydroxylation sites is 3. The highest BCUT2D eigenvalue weighted by Crippen LogP contribution is 2.35. The zero-order valence-corrected chi connectivity index (χ0v) is 21.7. The van der Waals surface area contributed by atoms with Crippen molar-refractivity contribution in [3.05, 3.63) is 96.1 Å². The first-order chi connectivity index (χ1) is 18.4. The second-order valence-corrected chi connectivity index (χ2v) is 8.96. The number of nitrogen functional groups attached to an aromatic ring is 1. The van der Waals surface area contributed by atoms with Crippen molar-refractivity contribution in [2.75, 3.05) is 29.6 Å². The Kier molecular flexibility index (Phi) is 10.7. The lowest BCUT2D eigenvalue weighted by Crippen LogP contribution is -2.22. The first kappa shape index (κ1) is 28.3. The molecule has 3 rings (SSSR count). The van der Waals surface area contributed by atoms with Gasteiger partial charge in [-0.1, -0.05) is 61.0 Å². The van der Waals surface area contributed by atoms with Crippen molar-refractivity contribution in [1.29, 1.82) is 0 Å². The average Bonchev–Trinajstić information content (AvgIpc) is 2.91. The van der Waals surface area contributed by atoms with E-state index in [1.165, 1.54) is 6.08 Å². The summed E-state index contributed by atoms with van der Waals surface area (Å²) in [4.78, 5) is 25.1. The number of rotatable bonds is 12. The van der Waals surface area contributed by atoms with E-state index in [4.69, 9.17) is 15.2 Å². The molecule has 2 amide bonds. The molecule has 8 heteroatoms. The molecule has 0 saturated heterocycles. The van der Waals surface area contributed by atoms with E-state index in [1.807, 2.05) is 56.3 Å². The number of nitrogens with two attached hydrogens (primary N) is 1. The summed E-state index contributed by atoms with van der Waals surface area (Å²) in [7, 11) is 0. The summed E-state index contributed by atoms with van der Waals surface area (Å²) in [5.74, 6) is 0.149. The minimum atomic E-state index is -0.623. The van der Waals surface area contributed by atoms with Crippen LogP contribution in [0.2, 0.25) is 0 Å². The molecule has 0 aliphatic rings. The smallest absolute Gasteiger partial charge is 0.412 e. The van der Waals surface area contributed by atoms with Crippen LogP contribution < -0.4 is 21.1 Å². The lowest BCUT2D eigenvalue weighted by Gasteiger charge is -2.26. The lowest BCUT2D eigenvalue weighted by atomic mass is 9.92. The molecule has 38 heavy (non-hydrogen) atoms. The minimum absolute atomic E-state index is 0.116. The van der Waals surface area contributed by atoms with Gasteiger partial charge in [0.15, 0.2) is 0 Å². The Morgan fingerprint density at radius 1 is 1.00 bits per heavy atom. The van der Waals surface area contributed by atoms with Crippen LogP contribution in [0.1, 0.15) is 37.0 Å². The molecule has 0 spiro atoms. The van der Waals surface area contributed by atoms with E-state index in [2.05, 4.69) is 10.6 Å². The fourth-order valence-corrected chi connectivity index (χ4v) is 3.87. The molecule has 5 N–H and O–H groups in total. The number of ether oxygens (including phenoxy) is 2. The van der Waals surface area contributed by atoms with Crippen molar-refractivity contribution in [2.24, 2.45) is 5.92 Å². The number of carbonyl (C=O) groups excluding carboxylic acids is 2. The minimum Gasteiger partial charge on any atom is -0.491 e. The van der Waals surface area contributed by atoms with Gasteiger partial charge in [0.1, 0.15) is 18.5 Å². The summed E-state index contributed by atoms with van der Waals surface area (Å²) in [6, 6.07) is 21.8. The van der Waals surface area contributed by atoms with Crippen LogP contribution in [0.25, 0.3) is 0 Å². The summed E-state index contributed by atoms with van der Waals surface area (Å²) in [5.41, 5.74) is 9.35. The molecule has 3 aromatic carbocycles. The Bertz CT molecular complexity index is 1230. The third-order valence-electron chi connectivity index (χ3n) is 5.90. The molecule has 8 nitrogen and oxygen atoms in total. The highest BCUT2D eigenvalue weighted by atomic mass is 16.6. The van der Waals surface area contributed by atoms with Crippen LogP contribution in [-0.2, 0) is 9.53 Å². The molecule has 0 fully saturated rings. The van der Waals surface area contributed by atoms with E-state index < -0.39 is 12.2 Å². The SMILES string of the molecule is Cc1ccc(NC(=O)O[C@H](c2ccccc2OCCO)[C@@H](C)CC/C=C/C(=O)Nc2ccccc2N)cc1. The van der Waals surface area contributed by atoms with E-state index in [1.54, 1.807) is 36.4 Å². The maximum Gasteiger partial charge on any atom is 0.412 e. The fourth-order valence-electron chi connectivity index (χ4n) is 3.87. The molecule has 3 aromatic rings. The van der Waals surface area contributed by atoms with Gasteiger partial charge < -0.3 is 25.6 Å². The maximum atomic E-state index is 12.8. The topological polar surface area (TPSA) is 123 Å². The van der Waals surface area contributed by atoms with Gasteiger partial charge in [-0.05, 0) is 62.1 Å². The average molecular weight is 518 g/mol. The number of benzene rings is 3. The van der Waals surface area contributed by atoms with Crippen molar-refractivity contribution < 1.29 is 24.2 Å². The number of aryl methyl sites for hydroxylation is 1. The molecule has 0 aliphatic carbocycles. The third kappa shape index (κ3) is 8.67. The van der Waals surface area contributed by atoms with Crippen LogP contribution in [0.4, 0.5) is 21.9 Å². The van der Waals surface area contributed by atoms with E-state index >= 15 is 0 Å². The monoisotopic (exact) mass is 517 g/mol. The summed E-state index contributed by atoms with van der Waals surface area (Å²) < 4.78 is 11.6. The van der Waals surface area contributed by atoms with Gasteiger partial charge in [0, 0.05) is 11.3 Å². The highest BCUT2D eigenvalue weighted by Gasteiger charge is 2.26. The van der Waals surface area contributed by atoms with Crippen LogP contribution in [-0.4, -0.2) is 30.3 Å². The molecule has 0 unspecified atom stereocenters. The molecule has 0 bridgehead atoms. The van der Waals surface area contributed by atoms with Gasteiger partial charge in [-0.15, -0.1) is 0 Å². The Morgan fingerprint density at radius 2 is 1.71 bits per heavy atom. The second kappa shape index (κ2) is 14.4. The standard InChI is InChI=1S/C30H35N3O5/c1-21-15-17-23(18-16-21)32-30(36)38-29(24-10-4-7-13-27(24)37-20-19-34)22(2)9-3-8-14-28(35)33-26-12-6-5-11-25(26)31/h4-8,10-18,22,29,34H,3,9,19-20,31H2,1-2H3,(H,32,36)(H,33,35)/b14-8+/t22-,29-/m0/s1. The van der Waals surface area contributed by atoms with E-state index in [-0.39, 0.29) is 25.0 Å². The Morgan fingerprint density at radius 3 is 2.45 bits per heavy atom. The number of hydrogen-bond acceptors (Lipinski definition) is 6. The predicted molar refractivity (Wildman–Crippen MR) is 150 cm³/mol. The first-order valence-corrected chi connectivity index (χ1v) is 12.6. The molecule has 200 valence electrons. The fraction of sp³-hybridized carbons (Fsp3) is 0.267. The number of allylic oxidation sites excluding steroid dienone is 1. The number of aliphatic hydroxyl groups is 1. The van der Waals surface area contributed by atoms with Crippen LogP contribution >= 0.6 is 0 Å². The molecule has 0 aromatic heterocycles. The zero-order chi connectivity index (χ0) is 27.3. The van der Waals surface area contributed by atoms with Gasteiger partial charge in [-0.2, -0.15) is 0 Å². The number of amides is 2. The molecule has 0 radical (unpaired) electrons. The van der Waals surface area contributed by atoms with Crippen molar-refractivity contribution in [1.82, 2.24) is 0 Å². The second-order valence-electron chi connectivity index (χ2n) is 8.96. The van der Waals surface area contributed by atoms with Crippen molar-refractivity contribution >= 4 is 29.1 Å². The third-order valence-corrected chi connectivity index (χ3v) is 5.90. The van der Waals surface area contributed by atoms with Gasteiger partial charge in [-0.25, -0.2) is 4.79 Å². The summed E-state index contributed by atoms with van der Waals surface area (Å²) in [6.07, 6.45) is 3.26. The lowest BCUT2D eigenvalue weighted by molar-refractivity contribution is -0.111. The summed E-state index contributed by atoms with van der Waals surface area (Å²) >= 11 is 0. The number of nitrogens with one attached hydrogen (secondary N) is 2. The highest BCUT2D eigenvalue weighted by molar-refractivity contribution is 6.01. The normalized spacial score (nSPS) is 12.5. The Labute approximate surface area is 223 Å². The molecular formula is C30H35N3O5. The maximum absolute atomic E-state index is 12.8. The number of carbonyl (C=O) groups is 2. The van der Waals surface area contributed by atoms with Crippen molar-refractivity contribution in [3.8, 4) is 5.75 Å². The van der Waals surface area contributed by atoms with E-state index in [0.29, 0.717) is 41.2 Å². The Balaban J connectivity index is 1.68. The van der Waals surface area contributed by atoms with Crippen molar-refractivity contribution in [2.45, 2.75) is 32.8 Å². The first-order valence-electron chi connectivity index (χ1n) is 12.6. The van der Waals surface area contributed by atoms with Crippen LogP contribution in [0.15, 0.2) is 84.9 Å². The molecule has 0 heterocycles. The van der Waals surface area contributed by atoms with E-state index in [9.17, 15) is 14.7 Å². The van der Waals surface area contributed by atoms with Crippen LogP contribution in [0, 0.1) is 12.8 Å². The Hall–Kier alpha value is -4.30. The number of aliphatic hydroxyl groups excluding tert-OH is 1. The van der Waals surface area contributed by atoms with E-state index in [0.717, 1.165) is 5.56 Å². The number of anilines is 3. The van der Waals surface area contributed by atoms with Crippen LogP contribution in [0.5, 0.6) is 5.75 Å². The van der Waals surface area contributed by atoms with Crippen LogP contribution in [0.3, 0.4) is 0 Å². The van der Waals surface area contributed by atoms with Gasteiger partial charge >= 0.3 is 6.09 Å². The molecule has 2 atom stereocenters. The van der Waals surface area contributed by atoms with Gasteiger partial charge in [0.2, 0.25) is 5.91 Å². The molecule has 0 aliphatic heterocycles. The quantitative estimate of drug-likeness (QED) is 0.177. The van der Waals surface area contributed by atoms with Gasteiger partial charge in [0.05, 0.1) is 18.0 Å².